The van der Waals surface area contributed by atoms with Crippen molar-refractivity contribution >= 4 is 102 Å². The summed E-state index contributed by atoms with van der Waals surface area (Å²) in [5.74, 6) is 0. The molecule has 0 spiro atoms. The molecule has 0 unspecified atom stereocenters. The van der Waals surface area contributed by atoms with E-state index in [1.54, 1.807) is 0 Å². The van der Waals surface area contributed by atoms with Gasteiger partial charge in [0.25, 0.3) is 0 Å². The zero-order chi connectivity index (χ0) is 38.2. The van der Waals surface area contributed by atoms with E-state index in [0.717, 1.165) is 50.1 Å². The Morgan fingerprint density at radius 1 is 0.362 bits per heavy atom. The van der Waals surface area contributed by atoms with Crippen molar-refractivity contribution in [2.24, 2.45) is 0 Å². The Labute approximate surface area is 343 Å². The van der Waals surface area contributed by atoms with Gasteiger partial charge in [-0.05, 0) is 88.5 Å². The smallest absolute Gasteiger partial charge is 0.145 e. The molecule has 0 radical (unpaired) electrons. The van der Waals surface area contributed by atoms with Crippen LogP contribution in [0.2, 0.25) is 0 Å². The summed E-state index contributed by atoms with van der Waals surface area (Å²) in [7, 11) is 0. The van der Waals surface area contributed by atoms with Gasteiger partial charge < -0.3 is 9.32 Å². The van der Waals surface area contributed by atoms with Gasteiger partial charge in [0, 0.05) is 52.3 Å². The molecule has 0 atom stereocenters. The van der Waals surface area contributed by atoms with E-state index in [-0.39, 0.29) is 0 Å². The molecule has 0 aliphatic heterocycles. The topological polar surface area (TPSA) is 16.4 Å². The lowest BCUT2D eigenvalue weighted by Gasteiger charge is -2.27. The van der Waals surface area contributed by atoms with Gasteiger partial charge in [0.15, 0.2) is 0 Å². The molecular formula is C54H33NOS2. The molecule has 0 amide bonds. The molecule has 2 nitrogen and oxygen atoms in total. The Hall–Kier alpha value is -6.98. The minimum absolute atomic E-state index is 0.878. The highest BCUT2D eigenvalue weighted by Gasteiger charge is 2.25. The van der Waals surface area contributed by atoms with E-state index in [9.17, 15) is 0 Å². The minimum atomic E-state index is 0.878. The first-order valence-electron chi connectivity index (χ1n) is 19.6. The van der Waals surface area contributed by atoms with Crippen LogP contribution < -0.4 is 4.90 Å². The Morgan fingerprint density at radius 2 is 1.02 bits per heavy atom. The largest absolute Gasteiger partial charge is 0.455 e. The molecule has 3 aromatic heterocycles. The maximum Gasteiger partial charge on any atom is 0.145 e. The Bertz CT molecular complexity index is 3510. The summed E-state index contributed by atoms with van der Waals surface area (Å²) >= 11 is 3.73. The van der Waals surface area contributed by atoms with Crippen molar-refractivity contribution in [1.82, 2.24) is 0 Å². The van der Waals surface area contributed by atoms with Gasteiger partial charge in [-0.15, -0.1) is 22.7 Å². The zero-order valence-electron chi connectivity index (χ0n) is 31.2. The third-order valence-electron chi connectivity index (χ3n) is 11.5. The number of para-hydroxylation sites is 1. The molecule has 0 aliphatic carbocycles. The number of hydrogen-bond donors (Lipinski definition) is 0. The fourth-order valence-electron chi connectivity index (χ4n) is 8.83. The molecule has 0 fully saturated rings. The standard InChI is InChI=1S/C54H33NOS2/c1-4-15-34(16-5-1)37-31-43(36-19-8-3-9-20-36)51-44-33-38(27-30-49(44)57-50(51)32-37)55(46-24-14-23-41-40-21-11-13-26-48(40)58-54(41)46)45-29-28-39(35-17-6-2-7-18-35)53-52(45)42-22-10-12-25-47(42)56-53/h1-33H. The van der Waals surface area contributed by atoms with E-state index >= 15 is 0 Å². The van der Waals surface area contributed by atoms with Crippen LogP contribution in [0.1, 0.15) is 0 Å². The maximum atomic E-state index is 6.84. The van der Waals surface area contributed by atoms with Crippen molar-refractivity contribution in [3.63, 3.8) is 0 Å². The third kappa shape index (κ3) is 5.23. The average molecular weight is 776 g/mol. The number of nitrogens with zero attached hydrogens (tertiary/aromatic N) is 1. The van der Waals surface area contributed by atoms with Crippen molar-refractivity contribution in [3.8, 4) is 33.4 Å². The molecule has 58 heavy (non-hydrogen) atoms. The van der Waals surface area contributed by atoms with E-state index in [4.69, 9.17) is 4.42 Å². The molecular weight excluding hydrogens is 743 g/mol. The predicted molar refractivity (Wildman–Crippen MR) is 250 cm³/mol. The zero-order valence-corrected chi connectivity index (χ0v) is 32.9. The third-order valence-corrected chi connectivity index (χ3v) is 13.8. The molecule has 12 rings (SSSR count). The lowest BCUT2D eigenvalue weighted by Crippen LogP contribution is -2.10. The fraction of sp³-hybridized carbons (Fsp3) is 0. The summed E-state index contributed by atoms with van der Waals surface area (Å²) in [5, 5.41) is 7.27. The van der Waals surface area contributed by atoms with Gasteiger partial charge >= 0.3 is 0 Å². The number of anilines is 3. The highest BCUT2D eigenvalue weighted by atomic mass is 32.1. The summed E-state index contributed by atoms with van der Waals surface area (Å²) < 4.78 is 11.9. The van der Waals surface area contributed by atoms with E-state index in [0.29, 0.717) is 0 Å². The van der Waals surface area contributed by atoms with E-state index < -0.39 is 0 Å². The Morgan fingerprint density at radius 3 is 1.81 bits per heavy atom. The SMILES string of the molecule is c1ccc(-c2cc(-c3ccccc3)c3c(c2)sc2ccc(N(c4cccc5c4sc4ccccc45)c4ccc(-c5ccccc5)c5oc6ccccc6c45)cc23)cc1. The van der Waals surface area contributed by atoms with Crippen LogP contribution in [-0.4, -0.2) is 0 Å². The van der Waals surface area contributed by atoms with Crippen LogP contribution in [0.3, 0.4) is 0 Å². The summed E-state index contributed by atoms with van der Waals surface area (Å²) in [5.41, 5.74) is 12.2. The van der Waals surface area contributed by atoms with Gasteiger partial charge in [0.2, 0.25) is 0 Å². The molecule has 12 aromatic rings. The Balaban J connectivity index is 1.18. The predicted octanol–water partition coefficient (Wildman–Crippen LogP) is 16.8. The summed E-state index contributed by atoms with van der Waals surface area (Å²) in [6, 6.07) is 72.5. The monoisotopic (exact) mass is 775 g/mol. The van der Waals surface area contributed by atoms with Crippen molar-refractivity contribution in [2.45, 2.75) is 0 Å². The van der Waals surface area contributed by atoms with Crippen molar-refractivity contribution in [3.05, 3.63) is 200 Å². The van der Waals surface area contributed by atoms with Crippen molar-refractivity contribution < 1.29 is 4.42 Å². The van der Waals surface area contributed by atoms with Crippen LogP contribution in [-0.2, 0) is 0 Å². The van der Waals surface area contributed by atoms with E-state index in [1.807, 2.05) is 22.7 Å². The van der Waals surface area contributed by atoms with Crippen LogP contribution in [0, 0.1) is 0 Å². The second-order valence-corrected chi connectivity index (χ2v) is 16.9. The normalized spacial score (nSPS) is 11.8. The number of thiophene rings is 2. The first-order valence-corrected chi connectivity index (χ1v) is 21.2. The van der Waals surface area contributed by atoms with E-state index in [2.05, 4.69) is 205 Å². The lowest BCUT2D eigenvalue weighted by atomic mass is 9.94. The van der Waals surface area contributed by atoms with Gasteiger partial charge in [0.05, 0.1) is 21.5 Å². The van der Waals surface area contributed by atoms with Gasteiger partial charge in [0.1, 0.15) is 11.2 Å². The van der Waals surface area contributed by atoms with Crippen LogP contribution in [0.15, 0.2) is 205 Å². The molecule has 0 saturated carbocycles. The number of fused-ring (bicyclic) bond motifs is 9. The minimum Gasteiger partial charge on any atom is -0.455 e. The molecule has 272 valence electrons. The van der Waals surface area contributed by atoms with Crippen LogP contribution in [0.4, 0.5) is 17.1 Å². The van der Waals surface area contributed by atoms with Gasteiger partial charge in [-0.3, -0.25) is 0 Å². The molecule has 9 aromatic carbocycles. The summed E-state index contributed by atoms with van der Waals surface area (Å²) in [4.78, 5) is 2.49. The fourth-order valence-corrected chi connectivity index (χ4v) is 11.2. The van der Waals surface area contributed by atoms with Crippen LogP contribution in [0.5, 0.6) is 0 Å². The van der Waals surface area contributed by atoms with Crippen molar-refractivity contribution in [1.29, 1.82) is 0 Å². The summed E-state index contributed by atoms with van der Waals surface area (Å²) in [6.45, 7) is 0. The van der Waals surface area contributed by atoms with Gasteiger partial charge in [-0.1, -0.05) is 140 Å². The molecule has 0 saturated heterocycles. The Kier molecular flexibility index (Phi) is 7.62. The van der Waals surface area contributed by atoms with Crippen molar-refractivity contribution in [2.75, 3.05) is 4.90 Å². The molecule has 0 N–H and O–H groups in total. The van der Waals surface area contributed by atoms with Gasteiger partial charge in [-0.2, -0.15) is 0 Å². The highest BCUT2D eigenvalue weighted by molar-refractivity contribution is 7.26. The highest BCUT2D eigenvalue weighted by Crippen LogP contribution is 2.51. The second-order valence-electron chi connectivity index (χ2n) is 14.8. The molecule has 0 aliphatic rings. The lowest BCUT2D eigenvalue weighted by molar-refractivity contribution is 0.670. The van der Waals surface area contributed by atoms with Crippen LogP contribution in [0.25, 0.3) is 95.7 Å². The second kappa shape index (κ2) is 13.3. The molecule has 4 heteroatoms. The number of benzene rings is 9. The average Bonchev–Trinajstić information content (AvgIpc) is 3.99. The van der Waals surface area contributed by atoms with Gasteiger partial charge in [-0.25, -0.2) is 0 Å². The number of hydrogen-bond acceptors (Lipinski definition) is 4. The van der Waals surface area contributed by atoms with Crippen LogP contribution >= 0.6 is 22.7 Å². The first kappa shape index (κ1) is 33.2. The maximum absolute atomic E-state index is 6.84. The number of rotatable bonds is 6. The first-order chi connectivity index (χ1) is 28.8. The molecule has 3 heterocycles. The number of furan rings is 1. The molecule has 0 bridgehead atoms. The summed E-state index contributed by atoms with van der Waals surface area (Å²) in [6.07, 6.45) is 0. The quantitative estimate of drug-likeness (QED) is 0.167. The van der Waals surface area contributed by atoms with E-state index in [1.165, 1.54) is 62.6 Å².